The fraction of sp³-hybridized carbons (Fsp3) is 0.167. The van der Waals surface area contributed by atoms with Crippen molar-refractivity contribution in [1.29, 1.82) is 0 Å². The lowest BCUT2D eigenvalue weighted by atomic mass is 10.3. The summed E-state index contributed by atoms with van der Waals surface area (Å²) in [5.74, 6) is -0.941. The Labute approximate surface area is 124 Å². The number of hydrogen-bond acceptors (Lipinski definition) is 6. The maximum atomic E-state index is 11.7. The fourth-order valence-corrected chi connectivity index (χ4v) is 4.66. The molecule has 0 amide bonds. The molecular weight excluding hydrogens is 318 g/mol. The van der Waals surface area contributed by atoms with Crippen molar-refractivity contribution in [2.45, 2.75) is 20.6 Å². The number of benzene rings is 1. The van der Waals surface area contributed by atoms with Crippen molar-refractivity contribution < 1.29 is 18.3 Å². The van der Waals surface area contributed by atoms with E-state index in [0.717, 1.165) is 6.26 Å². The molecule has 0 fully saturated rings. The highest BCUT2D eigenvalue weighted by atomic mass is 32.2. The third-order valence-electron chi connectivity index (χ3n) is 2.31. The van der Waals surface area contributed by atoms with Crippen LogP contribution in [-0.4, -0.2) is 30.7 Å². The number of thiazole rings is 1. The van der Waals surface area contributed by atoms with Gasteiger partial charge in [0.1, 0.15) is 0 Å². The van der Waals surface area contributed by atoms with Crippen molar-refractivity contribution in [3.05, 3.63) is 35.3 Å². The van der Waals surface area contributed by atoms with Gasteiger partial charge in [0.25, 0.3) is 0 Å². The van der Waals surface area contributed by atoms with Crippen LogP contribution in [0.15, 0.2) is 43.8 Å². The molecule has 0 radical (unpaired) electrons. The van der Waals surface area contributed by atoms with Crippen LogP contribution >= 0.6 is 23.1 Å². The van der Waals surface area contributed by atoms with Gasteiger partial charge in [-0.05, 0) is 12.1 Å². The van der Waals surface area contributed by atoms with E-state index in [-0.39, 0.29) is 11.3 Å². The van der Waals surface area contributed by atoms with Crippen molar-refractivity contribution in [2.75, 3.05) is 6.26 Å². The lowest BCUT2D eigenvalue weighted by molar-refractivity contribution is -0.136. The largest absolute Gasteiger partial charge is 0.481 e. The van der Waals surface area contributed by atoms with E-state index in [1.54, 1.807) is 29.6 Å². The average Bonchev–Trinajstić information content (AvgIpc) is 2.75. The molecule has 0 unspecified atom stereocenters. The number of nitrogens with zero attached hydrogens (tertiary/aromatic N) is 1. The summed E-state index contributed by atoms with van der Waals surface area (Å²) >= 11 is 2.52. The zero-order valence-electron chi connectivity index (χ0n) is 10.4. The zero-order chi connectivity index (χ0) is 14.8. The molecular formula is C12H11NO4S3. The standard InChI is InChI=1S/C12H11NO4S3/c1-20(16,17)10-5-3-2-4-9(10)19-12-13-8(7-18-12)6-11(14)15/h2-5,7H,6H2,1H3,(H,14,15). The number of sulfone groups is 1. The molecule has 2 aromatic rings. The zero-order valence-corrected chi connectivity index (χ0v) is 12.9. The van der Waals surface area contributed by atoms with Crippen molar-refractivity contribution in [2.24, 2.45) is 0 Å². The summed E-state index contributed by atoms with van der Waals surface area (Å²) in [4.78, 5) is 15.6. The van der Waals surface area contributed by atoms with Gasteiger partial charge in [-0.3, -0.25) is 4.79 Å². The summed E-state index contributed by atoms with van der Waals surface area (Å²) in [5, 5.41) is 10.4. The first kappa shape index (κ1) is 15.0. The van der Waals surface area contributed by atoms with Gasteiger partial charge in [-0.2, -0.15) is 0 Å². The second kappa shape index (κ2) is 5.94. The van der Waals surface area contributed by atoms with E-state index >= 15 is 0 Å². The summed E-state index contributed by atoms with van der Waals surface area (Å²) in [7, 11) is -3.30. The molecule has 8 heteroatoms. The maximum absolute atomic E-state index is 11.7. The third kappa shape index (κ3) is 3.81. The van der Waals surface area contributed by atoms with E-state index in [1.807, 2.05) is 0 Å². The van der Waals surface area contributed by atoms with E-state index in [9.17, 15) is 13.2 Å². The van der Waals surface area contributed by atoms with Crippen LogP contribution < -0.4 is 0 Å². The average molecular weight is 329 g/mol. The summed E-state index contributed by atoms with van der Waals surface area (Å²) in [5.41, 5.74) is 0.474. The number of aromatic nitrogens is 1. The summed E-state index contributed by atoms with van der Waals surface area (Å²) in [6, 6.07) is 6.67. The molecule has 0 bridgehead atoms. The molecule has 20 heavy (non-hydrogen) atoms. The van der Waals surface area contributed by atoms with Gasteiger partial charge in [0, 0.05) is 16.5 Å². The van der Waals surface area contributed by atoms with Crippen molar-refractivity contribution in [3.63, 3.8) is 0 Å². The molecule has 2 rings (SSSR count). The van der Waals surface area contributed by atoms with Gasteiger partial charge in [-0.25, -0.2) is 13.4 Å². The normalized spacial score (nSPS) is 11.4. The predicted octanol–water partition coefficient (Wildman–Crippen LogP) is 2.32. The quantitative estimate of drug-likeness (QED) is 0.906. The van der Waals surface area contributed by atoms with Crippen LogP contribution in [0.25, 0.3) is 0 Å². The summed E-state index contributed by atoms with van der Waals surface area (Å²) in [6.07, 6.45) is 1.02. The van der Waals surface area contributed by atoms with Gasteiger partial charge in [-0.1, -0.05) is 23.9 Å². The number of carbonyl (C=O) groups is 1. The molecule has 5 nitrogen and oxygen atoms in total. The lowest BCUT2D eigenvalue weighted by Crippen LogP contribution is -2.00. The van der Waals surface area contributed by atoms with E-state index in [1.165, 1.54) is 23.1 Å². The SMILES string of the molecule is CS(=O)(=O)c1ccccc1Sc1nc(CC(=O)O)cs1. The lowest BCUT2D eigenvalue weighted by Gasteiger charge is -2.04. The van der Waals surface area contributed by atoms with Crippen LogP contribution in [0.3, 0.4) is 0 Å². The minimum Gasteiger partial charge on any atom is -0.481 e. The second-order valence-electron chi connectivity index (χ2n) is 4.00. The molecule has 1 aromatic carbocycles. The van der Waals surface area contributed by atoms with Crippen LogP contribution in [-0.2, 0) is 21.1 Å². The highest BCUT2D eigenvalue weighted by molar-refractivity contribution is 8.01. The van der Waals surface area contributed by atoms with Gasteiger partial charge in [-0.15, -0.1) is 11.3 Å². The van der Waals surface area contributed by atoms with Crippen molar-refractivity contribution in [3.8, 4) is 0 Å². The van der Waals surface area contributed by atoms with Crippen molar-refractivity contribution in [1.82, 2.24) is 4.98 Å². The number of aliphatic carboxylic acids is 1. The number of rotatable bonds is 5. The van der Waals surface area contributed by atoms with Crippen LogP contribution in [0.4, 0.5) is 0 Å². The molecule has 1 aromatic heterocycles. The van der Waals surface area contributed by atoms with Gasteiger partial charge < -0.3 is 5.11 Å². The van der Waals surface area contributed by atoms with Gasteiger partial charge in [0.05, 0.1) is 17.0 Å². The minimum absolute atomic E-state index is 0.134. The van der Waals surface area contributed by atoms with Crippen molar-refractivity contribution >= 4 is 38.9 Å². The first-order chi connectivity index (χ1) is 9.36. The topological polar surface area (TPSA) is 84.3 Å². The second-order valence-corrected chi connectivity index (χ2v) is 8.13. The maximum Gasteiger partial charge on any atom is 0.309 e. The van der Waals surface area contributed by atoms with Crippen LogP contribution in [0, 0.1) is 0 Å². The fourth-order valence-electron chi connectivity index (χ4n) is 1.51. The first-order valence-corrected chi connectivity index (χ1v) is 9.08. The Morgan fingerprint density at radius 1 is 1.40 bits per heavy atom. The van der Waals surface area contributed by atoms with Crippen LogP contribution in [0.1, 0.15) is 5.69 Å². The molecule has 0 saturated heterocycles. The molecule has 0 aliphatic carbocycles. The molecule has 0 atom stereocenters. The van der Waals surface area contributed by atoms with Crippen LogP contribution in [0.2, 0.25) is 0 Å². The summed E-state index contributed by atoms with van der Waals surface area (Å²) in [6.45, 7) is 0. The molecule has 1 N–H and O–H groups in total. The highest BCUT2D eigenvalue weighted by Crippen LogP contribution is 2.34. The Balaban J connectivity index is 2.27. The molecule has 0 spiro atoms. The minimum atomic E-state index is -3.30. The highest BCUT2D eigenvalue weighted by Gasteiger charge is 2.15. The first-order valence-electron chi connectivity index (χ1n) is 5.49. The molecule has 0 aliphatic rings. The number of carboxylic acids is 1. The Hall–Kier alpha value is -1.38. The molecule has 0 aliphatic heterocycles. The van der Waals surface area contributed by atoms with Gasteiger partial charge >= 0.3 is 5.97 Å². The smallest absolute Gasteiger partial charge is 0.309 e. The van der Waals surface area contributed by atoms with Crippen LogP contribution in [0.5, 0.6) is 0 Å². The Bertz CT molecular complexity index is 737. The monoisotopic (exact) mass is 329 g/mol. The molecule has 0 saturated carbocycles. The molecule has 106 valence electrons. The van der Waals surface area contributed by atoms with Gasteiger partial charge in [0.2, 0.25) is 0 Å². The Morgan fingerprint density at radius 2 is 2.10 bits per heavy atom. The van der Waals surface area contributed by atoms with E-state index in [2.05, 4.69) is 4.98 Å². The summed E-state index contributed by atoms with van der Waals surface area (Å²) < 4.78 is 24.0. The predicted molar refractivity (Wildman–Crippen MR) is 77.1 cm³/mol. The number of carboxylic acid groups (broad SMARTS) is 1. The Morgan fingerprint density at radius 3 is 2.75 bits per heavy atom. The van der Waals surface area contributed by atoms with E-state index < -0.39 is 15.8 Å². The number of hydrogen-bond donors (Lipinski definition) is 1. The van der Waals surface area contributed by atoms with E-state index in [4.69, 9.17) is 5.11 Å². The van der Waals surface area contributed by atoms with E-state index in [0.29, 0.717) is 14.9 Å². The molecule has 1 heterocycles. The van der Waals surface area contributed by atoms with Gasteiger partial charge in [0.15, 0.2) is 14.2 Å². The third-order valence-corrected chi connectivity index (χ3v) is 5.66. The Kier molecular flexibility index (Phi) is 4.46.